The number of nitrogens with two attached hydrogens (primary N) is 1. The highest BCUT2D eigenvalue weighted by atomic mass is 19.2. The Hall–Kier alpha value is -1.53. The van der Waals surface area contributed by atoms with Crippen LogP contribution in [0.2, 0.25) is 0 Å². The van der Waals surface area contributed by atoms with Gasteiger partial charge in [0.25, 0.3) is 0 Å². The Morgan fingerprint density at radius 2 is 2.22 bits per heavy atom. The third kappa shape index (κ3) is 3.24. The van der Waals surface area contributed by atoms with Crippen LogP contribution in [0.5, 0.6) is 0 Å². The van der Waals surface area contributed by atoms with Gasteiger partial charge >= 0.3 is 0 Å². The first-order chi connectivity index (χ1) is 8.54. The molecule has 1 aliphatic rings. The third-order valence-electron chi connectivity index (χ3n) is 2.88. The van der Waals surface area contributed by atoms with Crippen LogP contribution in [0.25, 0.3) is 0 Å². The highest BCUT2D eigenvalue weighted by Crippen LogP contribution is 2.13. The van der Waals surface area contributed by atoms with E-state index < -0.39 is 11.6 Å². The Morgan fingerprint density at radius 1 is 1.44 bits per heavy atom. The van der Waals surface area contributed by atoms with Crippen LogP contribution in [-0.4, -0.2) is 36.5 Å². The van der Waals surface area contributed by atoms with Gasteiger partial charge in [0.15, 0.2) is 11.6 Å². The second-order valence-corrected chi connectivity index (χ2v) is 4.46. The molecule has 1 saturated heterocycles. The molecule has 6 heteroatoms. The topological polar surface area (TPSA) is 58.4 Å². The maximum Gasteiger partial charge on any atom is 0.238 e. The third-order valence-corrected chi connectivity index (χ3v) is 2.88. The van der Waals surface area contributed by atoms with Gasteiger partial charge < -0.3 is 11.1 Å². The minimum atomic E-state index is -0.976. The first-order valence-corrected chi connectivity index (χ1v) is 5.77. The number of halogens is 2. The van der Waals surface area contributed by atoms with Gasteiger partial charge in [0, 0.05) is 30.9 Å². The van der Waals surface area contributed by atoms with Crippen molar-refractivity contribution < 1.29 is 13.6 Å². The molecule has 0 saturated carbocycles. The normalized spacial score (nSPS) is 20.1. The molecule has 0 radical (unpaired) electrons. The van der Waals surface area contributed by atoms with Crippen LogP contribution in [0.15, 0.2) is 18.2 Å². The maximum absolute atomic E-state index is 12.9. The lowest BCUT2D eigenvalue weighted by Crippen LogP contribution is -2.33. The van der Waals surface area contributed by atoms with E-state index in [9.17, 15) is 13.6 Å². The molecule has 18 heavy (non-hydrogen) atoms. The molecule has 1 fully saturated rings. The predicted molar refractivity (Wildman–Crippen MR) is 64.0 cm³/mol. The summed E-state index contributed by atoms with van der Waals surface area (Å²) in [6, 6.07) is 3.38. The molecule has 1 aromatic rings. The Labute approximate surface area is 104 Å². The maximum atomic E-state index is 12.9. The van der Waals surface area contributed by atoms with Crippen LogP contribution in [0.1, 0.15) is 6.42 Å². The van der Waals surface area contributed by atoms with Crippen molar-refractivity contribution in [1.82, 2.24) is 4.90 Å². The zero-order valence-corrected chi connectivity index (χ0v) is 9.83. The van der Waals surface area contributed by atoms with Gasteiger partial charge in [-0.3, -0.25) is 9.69 Å². The molecule has 1 amide bonds. The van der Waals surface area contributed by atoms with Crippen LogP contribution >= 0.6 is 0 Å². The van der Waals surface area contributed by atoms with Crippen molar-refractivity contribution in [2.75, 3.05) is 25.0 Å². The van der Waals surface area contributed by atoms with Gasteiger partial charge in [-0.1, -0.05) is 0 Å². The number of benzene rings is 1. The van der Waals surface area contributed by atoms with Gasteiger partial charge in [0.2, 0.25) is 5.91 Å². The number of nitrogens with zero attached hydrogens (tertiary/aromatic N) is 1. The van der Waals surface area contributed by atoms with E-state index in [0.717, 1.165) is 25.1 Å². The summed E-state index contributed by atoms with van der Waals surface area (Å²) in [6.45, 7) is 1.68. The van der Waals surface area contributed by atoms with Gasteiger partial charge in [0.05, 0.1) is 6.54 Å². The van der Waals surface area contributed by atoms with Crippen LogP contribution in [0, 0.1) is 11.6 Å². The second kappa shape index (κ2) is 5.41. The predicted octanol–water partition coefficient (Wildman–Crippen LogP) is 0.936. The smallest absolute Gasteiger partial charge is 0.238 e. The number of hydrogen-bond donors (Lipinski definition) is 2. The fourth-order valence-corrected chi connectivity index (χ4v) is 1.98. The highest BCUT2D eigenvalue weighted by Gasteiger charge is 2.21. The van der Waals surface area contributed by atoms with E-state index in [-0.39, 0.29) is 24.2 Å². The average Bonchev–Trinajstić information content (AvgIpc) is 2.69. The number of carbonyl (C=O) groups is 1. The van der Waals surface area contributed by atoms with Crippen LogP contribution in [-0.2, 0) is 4.79 Å². The van der Waals surface area contributed by atoms with Crippen molar-refractivity contribution >= 4 is 11.6 Å². The van der Waals surface area contributed by atoms with Gasteiger partial charge in [-0.05, 0) is 18.6 Å². The van der Waals surface area contributed by atoms with Gasteiger partial charge in [-0.15, -0.1) is 0 Å². The van der Waals surface area contributed by atoms with E-state index in [4.69, 9.17) is 5.73 Å². The van der Waals surface area contributed by atoms with Crippen molar-refractivity contribution in [2.45, 2.75) is 12.5 Å². The van der Waals surface area contributed by atoms with Gasteiger partial charge in [-0.2, -0.15) is 0 Å². The number of carbonyl (C=O) groups excluding carboxylic acids is 1. The second-order valence-electron chi connectivity index (χ2n) is 4.46. The van der Waals surface area contributed by atoms with Crippen LogP contribution in [0.3, 0.4) is 0 Å². The lowest BCUT2D eigenvalue weighted by atomic mass is 10.3. The molecular weight excluding hydrogens is 240 g/mol. The van der Waals surface area contributed by atoms with Gasteiger partial charge in [0.1, 0.15) is 0 Å². The van der Waals surface area contributed by atoms with Crippen LogP contribution < -0.4 is 11.1 Å². The zero-order chi connectivity index (χ0) is 13.1. The van der Waals surface area contributed by atoms with Crippen molar-refractivity contribution in [3.8, 4) is 0 Å². The molecule has 0 aromatic heterocycles. The Balaban J connectivity index is 1.89. The molecule has 0 unspecified atom stereocenters. The summed E-state index contributed by atoms with van der Waals surface area (Å²) in [6.07, 6.45) is 0.873. The fraction of sp³-hybridized carbons (Fsp3) is 0.417. The average molecular weight is 255 g/mol. The summed E-state index contributed by atoms with van der Waals surface area (Å²) in [7, 11) is 0. The molecule has 0 bridgehead atoms. The molecule has 1 atom stereocenters. The number of amides is 1. The van der Waals surface area contributed by atoms with Crippen LogP contribution in [0.4, 0.5) is 14.5 Å². The van der Waals surface area contributed by atoms with E-state index >= 15 is 0 Å². The molecular formula is C12H15F2N3O. The minimum Gasteiger partial charge on any atom is -0.326 e. The molecule has 98 valence electrons. The van der Waals surface area contributed by atoms with Crippen molar-refractivity contribution in [1.29, 1.82) is 0 Å². The largest absolute Gasteiger partial charge is 0.326 e. The Morgan fingerprint density at radius 3 is 2.83 bits per heavy atom. The van der Waals surface area contributed by atoms with E-state index in [1.807, 2.05) is 4.90 Å². The fourth-order valence-electron chi connectivity index (χ4n) is 1.98. The molecule has 0 spiro atoms. The summed E-state index contributed by atoms with van der Waals surface area (Å²) in [5, 5.41) is 2.52. The minimum absolute atomic E-state index is 0.112. The van der Waals surface area contributed by atoms with Crippen molar-refractivity contribution in [2.24, 2.45) is 5.73 Å². The number of hydrogen-bond acceptors (Lipinski definition) is 3. The van der Waals surface area contributed by atoms with E-state index in [0.29, 0.717) is 6.54 Å². The summed E-state index contributed by atoms with van der Waals surface area (Å²) in [5.74, 6) is -2.16. The molecule has 1 heterocycles. The number of rotatable bonds is 3. The van der Waals surface area contributed by atoms with E-state index in [2.05, 4.69) is 5.32 Å². The summed E-state index contributed by atoms with van der Waals surface area (Å²) >= 11 is 0. The quantitative estimate of drug-likeness (QED) is 0.845. The molecule has 0 aliphatic carbocycles. The van der Waals surface area contributed by atoms with E-state index in [1.165, 1.54) is 6.07 Å². The lowest BCUT2D eigenvalue weighted by molar-refractivity contribution is -0.117. The summed E-state index contributed by atoms with van der Waals surface area (Å²) in [4.78, 5) is 13.6. The summed E-state index contributed by atoms with van der Waals surface area (Å²) < 4.78 is 25.6. The molecule has 4 nitrogen and oxygen atoms in total. The monoisotopic (exact) mass is 255 g/mol. The zero-order valence-electron chi connectivity index (χ0n) is 9.83. The first-order valence-electron chi connectivity index (χ1n) is 5.77. The Bertz CT molecular complexity index is 453. The van der Waals surface area contributed by atoms with Crippen molar-refractivity contribution in [3.63, 3.8) is 0 Å². The number of nitrogens with one attached hydrogen (secondary N) is 1. The van der Waals surface area contributed by atoms with Crippen molar-refractivity contribution in [3.05, 3.63) is 29.8 Å². The summed E-state index contributed by atoms with van der Waals surface area (Å²) in [5.41, 5.74) is 5.98. The van der Waals surface area contributed by atoms with E-state index in [1.54, 1.807) is 0 Å². The SMILES string of the molecule is N[C@H]1CCN(CC(=O)Nc2ccc(F)c(F)c2)C1. The molecule has 1 aliphatic heterocycles. The molecule has 3 N–H and O–H groups in total. The standard InChI is InChI=1S/C12H15F2N3O/c13-10-2-1-9(5-11(10)14)16-12(18)7-17-4-3-8(15)6-17/h1-2,5,8H,3-4,6-7,15H2,(H,16,18)/t8-/m0/s1. The first kappa shape index (κ1) is 12.9. The highest BCUT2D eigenvalue weighted by molar-refractivity contribution is 5.92. The molecule has 2 rings (SSSR count). The molecule has 1 aromatic carbocycles. The van der Waals surface area contributed by atoms with Gasteiger partial charge in [-0.25, -0.2) is 8.78 Å². The number of likely N-dealkylation sites (tertiary alicyclic amines) is 1. The number of anilines is 1. The lowest BCUT2D eigenvalue weighted by Gasteiger charge is -2.14. The Kier molecular flexibility index (Phi) is 3.88.